The fraction of sp³-hybridized carbons (Fsp3) is 0.333. The summed E-state index contributed by atoms with van der Waals surface area (Å²) in [6.45, 7) is 3.20. The molecule has 0 radical (unpaired) electrons. The molecule has 4 rings (SSSR count). The van der Waals surface area contributed by atoms with E-state index in [2.05, 4.69) is 11.3 Å². The Morgan fingerprint density at radius 1 is 0.972 bits per heavy atom. The zero-order chi connectivity index (χ0) is 25.7. The Balaban J connectivity index is 1.39. The normalized spacial score (nSPS) is 18.4. The first-order valence-corrected chi connectivity index (χ1v) is 11.4. The monoisotopic (exact) mass is 508 g/mol. The predicted molar refractivity (Wildman–Crippen MR) is 124 cm³/mol. The zero-order valence-electron chi connectivity index (χ0n) is 19.3. The number of hydrogen-bond donors (Lipinski definition) is 0. The first kappa shape index (κ1) is 26.1. The molecule has 1 heterocycles. The van der Waals surface area contributed by atoms with Gasteiger partial charge in [-0.05, 0) is 47.6 Å². The molecular formula is C27H25F5O4. The SMILES string of the molecule is C=CCOC1COC(c2ccc3c(F)c(CCc4ccc(OCC(F)(F)F)c(F)c4)ccc3c2)OC1. The number of alkyl halides is 3. The van der Waals surface area contributed by atoms with E-state index >= 15 is 4.39 Å². The first-order chi connectivity index (χ1) is 17.2. The lowest BCUT2D eigenvalue weighted by Gasteiger charge is -2.29. The van der Waals surface area contributed by atoms with Crippen LogP contribution in [0.2, 0.25) is 0 Å². The standard InChI is InChI=1S/C27H25F5O4/c1-2-11-33-21-14-34-26(35-15-21)20-8-9-22-19(13-20)7-6-18(25(22)29)5-3-17-4-10-24(23(28)12-17)36-16-27(30,31)32/h2,4,6-10,12-13,21,26H,1,3,5,11,14-16H2. The van der Waals surface area contributed by atoms with Gasteiger partial charge in [-0.3, -0.25) is 0 Å². The molecular weight excluding hydrogens is 483 g/mol. The summed E-state index contributed by atoms with van der Waals surface area (Å²) in [7, 11) is 0. The van der Waals surface area contributed by atoms with Gasteiger partial charge in [0.1, 0.15) is 11.9 Å². The average Bonchev–Trinajstić information content (AvgIpc) is 2.86. The summed E-state index contributed by atoms with van der Waals surface area (Å²) in [5.74, 6) is -1.75. The Labute approximate surface area is 205 Å². The van der Waals surface area contributed by atoms with Crippen LogP contribution in [0.3, 0.4) is 0 Å². The second-order valence-corrected chi connectivity index (χ2v) is 8.43. The molecule has 0 bridgehead atoms. The van der Waals surface area contributed by atoms with Crippen molar-refractivity contribution in [2.75, 3.05) is 26.4 Å². The Kier molecular flexibility index (Phi) is 8.23. The molecule has 0 atom stereocenters. The van der Waals surface area contributed by atoms with Crippen molar-refractivity contribution in [3.05, 3.63) is 89.5 Å². The highest BCUT2D eigenvalue weighted by Gasteiger charge is 2.29. The number of ether oxygens (including phenoxy) is 4. The Morgan fingerprint density at radius 2 is 1.75 bits per heavy atom. The van der Waals surface area contributed by atoms with Gasteiger partial charge in [0.2, 0.25) is 0 Å². The van der Waals surface area contributed by atoms with Gasteiger partial charge in [-0.2, -0.15) is 13.2 Å². The maximum absolute atomic E-state index is 15.2. The maximum atomic E-state index is 15.2. The van der Waals surface area contributed by atoms with Gasteiger partial charge in [-0.1, -0.05) is 36.4 Å². The summed E-state index contributed by atoms with van der Waals surface area (Å²) in [4.78, 5) is 0. The predicted octanol–water partition coefficient (Wildman–Crippen LogP) is 6.46. The van der Waals surface area contributed by atoms with Crippen LogP contribution in [0.1, 0.15) is 23.0 Å². The fourth-order valence-electron chi connectivity index (χ4n) is 3.93. The third-order valence-corrected chi connectivity index (χ3v) is 5.72. The Morgan fingerprint density at radius 3 is 2.44 bits per heavy atom. The number of hydrogen-bond acceptors (Lipinski definition) is 4. The minimum absolute atomic E-state index is 0.170. The summed E-state index contributed by atoms with van der Waals surface area (Å²) in [6.07, 6.45) is -3.05. The van der Waals surface area contributed by atoms with E-state index in [4.69, 9.17) is 14.2 Å². The van der Waals surface area contributed by atoms with Crippen molar-refractivity contribution < 1.29 is 40.9 Å². The van der Waals surface area contributed by atoms with Gasteiger partial charge in [-0.25, -0.2) is 8.78 Å². The van der Waals surface area contributed by atoms with Crippen LogP contribution in [0.25, 0.3) is 10.8 Å². The van der Waals surface area contributed by atoms with Crippen molar-refractivity contribution in [1.82, 2.24) is 0 Å². The molecule has 0 spiro atoms. The minimum atomic E-state index is -4.56. The Hall–Kier alpha value is -3.01. The average molecular weight is 508 g/mol. The molecule has 1 aliphatic heterocycles. The molecule has 0 N–H and O–H groups in total. The van der Waals surface area contributed by atoms with Crippen molar-refractivity contribution >= 4 is 10.8 Å². The lowest BCUT2D eigenvalue weighted by molar-refractivity contribution is -0.228. The van der Waals surface area contributed by atoms with E-state index in [1.54, 1.807) is 30.3 Å². The largest absolute Gasteiger partial charge is 0.481 e. The van der Waals surface area contributed by atoms with Crippen LogP contribution in [0.4, 0.5) is 22.0 Å². The molecule has 0 saturated carbocycles. The van der Waals surface area contributed by atoms with Gasteiger partial charge >= 0.3 is 6.18 Å². The molecule has 3 aromatic rings. The number of fused-ring (bicyclic) bond motifs is 1. The van der Waals surface area contributed by atoms with Gasteiger partial charge in [0.15, 0.2) is 24.5 Å². The molecule has 4 nitrogen and oxygen atoms in total. The van der Waals surface area contributed by atoms with Gasteiger partial charge in [-0.15, -0.1) is 6.58 Å². The molecule has 0 aromatic heterocycles. The van der Waals surface area contributed by atoms with Gasteiger partial charge in [0, 0.05) is 10.9 Å². The molecule has 0 amide bonds. The highest BCUT2D eigenvalue weighted by molar-refractivity contribution is 5.84. The molecule has 0 unspecified atom stereocenters. The van der Waals surface area contributed by atoms with E-state index in [1.165, 1.54) is 6.07 Å². The van der Waals surface area contributed by atoms with Crippen molar-refractivity contribution in [1.29, 1.82) is 0 Å². The summed E-state index contributed by atoms with van der Waals surface area (Å²) in [6, 6.07) is 12.4. The van der Waals surface area contributed by atoms with Crippen LogP contribution in [0, 0.1) is 11.6 Å². The van der Waals surface area contributed by atoms with E-state index in [1.807, 2.05) is 6.07 Å². The minimum Gasteiger partial charge on any atom is -0.481 e. The molecule has 192 valence electrons. The Bertz CT molecular complexity index is 1200. The summed E-state index contributed by atoms with van der Waals surface area (Å²) >= 11 is 0. The highest BCUT2D eigenvalue weighted by Crippen LogP contribution is 2.30. The van der Waals surface area contributed by atoms with Crippen LogP contribution in [-0.2, 0) is 27.1 Å². The smallest absolute Gasteiger partial charge is 0.422 e. The molecule has 1 aliphatic rings. The van der Waals surface area contributed by atoms with Gasteiger partial charge in [0.25, 0.3) is 0 Å². The number of halogens is 5. The lowest BCUT2D eigenvalue weighted by atomic mass is 9.99. The van der Waals surface area contributed by atoms with Crippen molar-refractivity contribution in [3.63, 3.8) is 0 Å². The van der Waals surface area contributed by atoms with E-state index in [0.29, 0.717) is 48.1 Å². The third kappa shape index (κ3) is 6.60. The second kappa shape index (κ2) is 11.4. The van der Waals surface area contributed by atoms with E-state index in [9.17, 15) is 17.6 Å². The molecule has 1 saturated heterocycles. The summed E-state index contributed by atoms with van der Waals surface area (Å²) in [5, 5.41) is 1.12. The number of rotatable bonds is 9. The molecule has 3 aromatic carbocycles. The maximum Gasteiger partial charge on any atom is 0.422 e. The van der Waals surface area contributed by atoms with Gasteiger partial charge in [0.05, 0.1) is 19.8 Å². The quantitative estimate of drug-likeness (QED) is 0.246. The van der Waals surface area contributed by atoms with Crippen LogP contribution in [0.15, 0.2) is 61.2 Å². The molecule has 9 heteroatoms. The number of aryl methyl sites for hydroxylation is 2. The molecule has 1 fully saturated rings. The summed E-state index contributed by atoms with van der Waals surface area (Å²) < 4.78 is 87.6. The van der Waals surface area contributed by atoms with Crippen LogP contribution >= 0.6 is 0 Å². The lowest BCUT2D eigenvalue weighted by Crippen LogP contribution is -2.33. The van der Waals surface area contributed by atoms with Crippen LogP contribution < -0.4 is 4.74 Å². The van der Waals surface area contributed by atoms with E-state index < -0.39 is 30.6 Å². The summed E-state index contributed by atoms with van der Waals surface area (Å²) in [5.41, 5.74) is 1.73. The first-order valence-electron chi connectivity index (χ1n) is 11.4. The van der Waals surface area contributed by atoms with Crippen molar-refractivity contribution in [3.8, 4) is 5.75 Å². The fourth-order valence-corrected chi connectivity index (χ4v) is 3.93. The van der Waals surface area contributed by atoms with Crippen LogP contribution in [0.5, 0.6) is 5.75 Å². The molecule has 0 aliphatic carbocycles. The highest BCUT2D eigenvalue weighted by atomic mass is 19.4. The van der Waals surface area contributed by atoms with E-state index in [-0.39, 0.29) is 18.3 Å². The number of benzene rings is 3. The topological polar surface area (TPSA) is 36.9 Å². The van der Waals surface area contributed by atoms with Crippen LogP contribution in [-0.4, -0.2) is 38.7 Å². The second-order valence-electron chi connectivity index (χ2n) is 8.43. The van der Waals surface area contributed by atoms with Gasteiger partial charge < -0.3 is 18.9 Å². The molecule has 36 heavy (non-hydrogen) atoms. The van der Waals surface area contributed by atoms with Crippen molar-refractivity contribution in [2.24, 2.45) is 0 Å². The third-order valence-electron chi connectivity index (χ3n) is 5.72. The van der Waals surface area contributed by atoms with Crippen molar-refractivity contribution in [2.45, 2.75) is 31.4 Å². The zero-order valence-corrected chi connectivity index (χ0v) is 19.3. The van der Waals surface area contributed by atoms with E-state index in [0.717, 1.165) is 17.7 Å².